The first kappa shape index (κ1) is 14.4. The standard InChI is InChI=1S/C13H22Cl2N2O/c1-10-4-3-6-17(8-10)7-5-16-11(18)12(2)9-13(12,14)15/h10H,3-9H2,1-2H3,(H,16,18)/t10-,12-/m1/s1. The molecule has 1 aliphatic heterocycles. The maximum Gasteiger partial charge on any atom is 0.229 e. The molecule has 2 rings (SSSR count). The van der Waals surface area contributed by atoms with Crippen molar-refractivity contribution in [2.75, 3.05) is 26.2 Å². The molecule has 0 aromatic rings. The van der Waals surface area contributed by atoms with Crippen molar-refractivity contribution in [3.63, 3.8) is 0 Å². The summed E-state index contributed by atoms with van der Waals surface area (Å²) in [7, 11) is 0. The highest BCUT2D eigenvalue weighted by molar-refractivity contribution is 6.53. The Morgan fingerprint density at radius 3 is 2.72 bits per heavy atom. The number of likely N-dealkylation sites (tertiary alicyclic amines) is 1. The van der Waals surface area contributed by atoms with Crippen molar-refractivity contribution in [2.24, 2.45) is 11.3 Å². The largest absolute Gasteiger partial charge is 0.354 e. The summed E-state index contributed by atoms with van der Waals surface area (Å²) in [6.07, 6.45) is 3.14. The number of hydrogen-bond acceptors (Lipinski definition) is 2. The molecule has 1 N–H and O–H groups in total. The van der Waals surface area contributed by atoms with E-state index in [1.165, 1.54) is 12.8 Å². The lowest BCUT2D eigenvalue weighted by molar-refractivity contribution is -0.125. The summed E-state index contributed by atoms with van der Waals surface area (Å²) in [6, 6.07) is 0. The molecule has 18 heavy (non-hydrogen) atoms. The number of carbonyl (C=O) groups excluding carboxylic acids is 1. The third kappa shape index (κ3) is 2.94. The first-order chi connectivity index (χ1) is 8.35. The Morgan fingerprint density at radius 2 is 2.17 bits per heavy atom. The van der Waals surface area contributed by atoms with Crippen molar-refractivity contribution >= 4 is 29.1 Å². The second-order valence-electron chi connectivity index (χ2n) is 6.02. The zero-order valence-electron chi connectivity index (χ0n) is 11.1. The second-order valence-corrected chi connectivity index (χ2v) is 7.50. The van der Waals surface area contributed by atoms with Crippen LogP contribution in [0.1, 0.15) is 33.1 Å². The molecule has 2 atom stereocenters. The minimum atomic E-state index is -0.864. The van der Waals surface area contributed by atoms with Gasteiger partial charge in [0.05, 0.1) is 5.41 Å². The van der Waals surface area contributed by atoms with Crippen LogP contribution in [-0.4, -0.2) is 41.3 Å². The number of rotatable bonds is 4. The summed E-state index contributed by atoms with van der Waals surface area (Å²) in [5.74, 6) is 0.756. The molecule has 0 aromatic carbocycles. The minimum Gasteiger partial charge on any atom is -0.354 e. The minimum absolute atomic E-state index is 0.0162. The van der Waals surface area contributed by atoms with E-state index in [4.69, 9.17) is 23.2 Å². The van der Waals surface area contributed by atoms with Gasteiger partial charge in [0, 0.05) is 19.6 Å². The van der Waals surface area contributed by atoms with Crippen LogP contribution in [0.25, 0.3) is 0 Å². The molecule has 1 heterocycles. The van der Waals surface area contributed by atoms with Gasteiger partial charge >= 0.3 is 0 Å². The van der Waals surface area contributed by atoms with E-state index in [0.717, 1.165) is 25.6 Å². The van der Waals surface area contributed by atoms with Gasteiger partial charge in [-0.2, -0.15) is 0 Å². The molecule has 0 bridgehead atoms. The first-order valence-corrected chi connectivity index (χ1v) is 7.49. The number of nitrogens with one attached hydrogen (secondary N) is 1. The molecule has 3 nitrogen and oxygen atoms in total. The smallest absolute Gasteiger partial charge is 0.229 e. The maximum absolute atomic E-state index is 12.0. The highest BCUT2D eigenvalue weighted by Crippen LogP contribution is 2.63. The fraction of sp³-hybridized carbons (Fsp3) is 0.923. The third-order valence-electron chi connectivity index (χ3n) is 4.21. The molecule has 2 fully saturated rings. The average molecular weight is 293 g/mol. The lowest BCUT2D eigenvalue weighted by Gasteiger charge is -2.30. The van der Waals surface area contributed by atoms with E-state index in [0.29, 0.717) is 13.0 Å². The van der Waals surface area contributed by atoms with Crippen molar-refractivity contribution in [1.82, 2.24) is 10.2 Å². The Morgan fingerprint density at radius 1 is 1.50 bits per heavy atom. The van der Waals surface area contributed by atoms with Gasteiger partial charge in [-0.25, -0.2) is 0 Å². The first-order valence-electron chi connectivity index (χ1n) is 6.74. The topological polar surface area (TPSA) is 32.3 Å². The number of hydrogen-bond donors (Lipinski definition) is 1. The van der Waals surface area contributed by atoms with Gasteiger partial charge < -0.3 is 10.2 Å². The third-order valence-corrected chi connectivity index (χ3v) is 5.32. The second kappa shape index (κ2) is 5.18. The normalized spacial score (nSPS) is 35.2. The van der Waals surface area contributed by atoms with Crippen LogP contribution in [-0.2, 0) is 4.79 Å². The lowest BCUT2D eigenvalue weighted by Crippen LogP contribution is -2.42. The molecule has 1 aliphatic carbocycles. The van der Waals surface area contributed by atoms with Gasteiger partial charge in [-0.05, 0) is 38.6 Å². The van der Waals surface area contributed by atoms with E-state index in [1.54, 1.807) is 0 Å². The van der Waals surface area contributed by atoms with E-state index in [-0.39, 0.29) is 5.91 Å². The average Bonchev–Trinajstić information content (AvgIpc) is 2.79. The van der Waals surface area contributed by atoms with Crippen LogP contribution in [0.5, 0.6) is 0 Å². The van der Waals surface area contributed by atoms with Gasteiger partial charge in [0.25, 0.3) is 0 Å². The SMILES string of the molecule is C[C@@H]1CCCN(CCNC(=O)[C@@]2(C)CC2(Cl)Cl)C1. The van der Waals surface area contributed by atoms with E-state index < -0.39 is 9.75 Å². The van der Waals surface area contributed by atoms with Crippen LogP contribution in [0, 0.1) is 11.3 Å². The quantitative estimate of drug-likeness (QED) is 0.807. The van der Waals surface area contributed by atoms with Crippen molar-refractivity contribution in [2.45, 2.75) is 37.4 Å². The van der Waals surface area contributed by atoms with Gasteiger partial charge in [0.2, 0.25) is 5.91 Å². The van der Waals surface area contributed by atoms with E-state index in [9.17, 15) is 4.79 Å². The summed E-state index contributed by atoms with van der Waals surface area (Å²) in [6.45, 7) is 8.00. The Hall–Kier alpha value is 0.01000. The molecular weight excluding hydrogens is 271 g/mol. The van der Waals surface area contributed by atoms with Gasteiger partial charge in [-0.1, -0.05) is 6.92 Å². The van der Waals surface area contributed by atoms with Gasteiger partial charge in [-0.15, -0.1) is 23.2 Å². The molecule has 0 aromatic heterocycles. The van der Waals surface area contributed by atoms with Gasteiger partial charge in [-0.3, -0.25) is 4.79 Å². The predicted octanol–water partition coefficient (Wildman–Crippen LogP) is 2.42. The maximum atomic E-state index is 12.0. The molecular formula is C13H22Cl2N2O. The fourth-order valence-electron chi connectivity index (χ4n) is 2.66. The van der Waals surface area contributed by atoms with Crippen LogP contribution < -0.4 is 5.32 Å². The fourth-order valence-corrected chi connectivity index (χ4v) is 3.36. The predicted molar refractivity (Wildman–Crippen MR) is 75.0 cm³/mol. The molecule has 1 saturated carbocycles. The summed E-state index contributed by atoms with van der Waals surface area (Å²) < 4.78 is -0.864. The number of halogens is 2. The molecule has 0 spiro atoms. The molecule has 1 amide bonds. The zero-order valence-corrected chi connectivity index (χ0v) is 12.7. The Balaban J connectivity index is 1.68. The number of nitrogens with zero attached hydrogens (tertiary/aromatic N) is 1. The van der Waals surface area contributed by atoms with E-state index >= 15 is 0 Å². The molecule has 1 saturated heterocycles. The van der Waals surface area contributed by atoms with Crippen molar-refractivity contribution in [3.05, 3.63) is 0 Å². The molecule has 5 heteroatoms. The van der Waals surface area contributed by atoms with Crippen molar-refractivity contribution in [1.29, 1.82) is 0 Å². The monoisotopic (exact) mass is 292 g/mol. The Bertz CT molecular complexity index is 335. The van der Waals surface area contributed by atoms with E-state index in [1.807, 2.05) is 6.92 Å². The summed E-state index contributed by atoms with van der Waals surface area (Å²) in [5, 5.41) is 2.95. The lowest BCUT2D eigenvalue weighted by atomic mass is 10.0. The summed E-state index contributed by atoms with van der Waals surface area (Å²) in [4.78, 5) is 14.4. The number of carbonyl (C=O) groups is 1. The van der Waals surface area contributed by atoms with Crippen molar-refractivity contribution in [3.8, 4) is 0 Å². The van der Waals surface area contributed by atoms with Crippen LogP contribution in [0.2, 0.25) is 0 Å². The highest BCUT2D eigenvalue weighted by atomic mass is 35.5. The van der Waals surface area contributed by atoms with Crippen LogP contribution >= 0.6 is 23.2 Å². The van der Waals surface area contributed by atoms with Crippen LogP contribution in [0.3, 0.4) is 0 Å². The van der Waals surface area contributed by atoms with Crippen LogP contribution in [0.4, 0.5) is 0 Å². The van der Waals surface area contributed by atoms with E-state index in [2.05, 4.69) is 17.1 Å². The zero-order chi connectivity index (χ0) is 13.4. The number of alkyl halides is 2. The van der Waals surface area contributed by atoms with Gasteiger partial charge in [0.1, 0.15) is 4.33 Å². The Labute approximate surface area is 119 Å². The molecule has 2 aliphatic rings. The van der Waals surface area contributed by atoms with Gasteiger partial charge in [0.15, 0.2) is 0 Å². The Kier molecular flexibility index (Phi) is 4.15. The summed E-state index contributed by atoms with van der Waals surface area (Å²) >= 11 is 12.0. The molecule has 104 valence electrons. The number of amides is 1. The highest BCUT2D eigenvalue weighted by Gasteiger charge is 2.67. The van der Waals surface area contributed by atoms with Crippen molar-refractivity contribution < 1.29 is 4.79 Å². The summed E-state index contributed by atoms with van der Waals surface area (Å²) in [5.41, 5.74) is -0.592. The van der Waals surface area contributed by atoms with Crippen LogP contribution in [0.15, 0.2) is 0 Å². The number of piperidine rings is 1. The molecule has 0 unspecified atom stereocenters. The molecule has 0 radical (unpaired) electrons.